The summed E-state index contributed by atoms with van der Waals surface area (Å²) < 4.78 is 23.8. The van der Waals surface area contributed by atoms with Crippen molar-refractivity contribution in [3.63, 3.8) is 0 Å². The number of carbonyl (C=O) groups is 1. The zero-order valence-corrected chi connectivity index (χ0v) is 49.3. The van der Waals surface area contributed by atoms with Crippen LogP contribution in [0.2, 0.25) is 0 Å². The van der Waals surface area contributed by atoms with Crippen molar-refractivity contribution in [1.82, 2.24) is 5.32 Å². The van der Waals surface area contributed by atoms with E-state index in [2.05, 4.69) is 67.8 Å². The van der Waals surface area contributed by atoms with Gasteiger partial charge in [0.15, 0.2) is 0 Å². The minimum absolute atomic E-state index is 0.0720. The number of rotatable bonds is 57. The largest absolute Gasteiger partial charge is 0.472 e. The van der Waals surface area contributed by atoms with Crippen molar-refractivity contribution >= 4 is 13.7 Å². The first kappa shape index (κ1) is 70.5. The lowest BCUT2D eigenvalue weighted by atomic mass is 10.0. The Morgan fingerprint density at radius 2 is 0.833 bits per heavy atom. The first-order valence-corrected chi connectivity index (χ1v) is 32.5. The number of unbranched alkanes of at least 4 members (excludes halogenated alkanes) is 36. The number of nitrogens with zero attached hydrogens (tertiary/aromatic N) is 1. The Labute approximate surface area is 448 Å². The van der Waals surface area contributed by atoms with Crippen molar-refractivity contribution in [3.8, 4) is 0 Å². The molecular formula is C63H122N2O6P+. The molecule has 3 unspecified atom stereocenters. The van der Waals surface area contributed by atoms with Crippen molar-refractivity contribution < 1.29 is 32.9 Å². The Kier molecular flexibility index (Phi) is 53.1. The number of quaternary nitrogens is 1. The standard InChI is InChI=1S/C63H121N2O6P/c1-6-8-10-12-14-16-18-20-22-24-26-28-29-30-31-32-33-34-35-37-38-40-42-44-46-48-50-52-54-56-62(66)61(60-71-72(68,69)70-59-58-65(3,4)5)64-63(67)57-55-53-51-49-47-45-43-41-39-36-27-25-23-21-19-17-15-13-11-9-7-2/h9,11,15,17,21,23,27,36,61-62,66H,6-8,10,12-14,16,18-20,22,24-26,28-35,37-60H2,1-5H3,(H-,64,67,68,69)/p+1/b11-9-,17-15-,23-21-,36-27-. The highest BCUT2D eigenvalue weighted by Crippen LogP contribution is 2.43. The number of hydrogen-bond donors (Lipinski definition) is 3. The second-order valence-corrected chi connectivity index (χ2v) is 23.9. The van der Waals surface area contributed by atoms with Gasteiger partial charge in [0.1, 0.15) is 13.2 Å². The van der Waals surface area contributed by atoms with Gasteiger partial charge in [-0.3, -0.25) is 13.8 Å². The first-order chi connectivity index (χ1) is 35.0. The molecule has 0 heterocycles. The van der Waals surface area contributed by atoms with Gasteiger partial charge in [-0.15, -0.1) is 0 Å². The fourth-order valence-corrected chi connectivity index (χ4v) is 10.0. The molecule has 0 saturated carbocycles. The zero-order chi connectivity index (χ0) is 52.7. The maximum Gasteiger partial charge on any atom is 0.472 e. The van der Waals surface area contributed by atoms with Crippen molar-refractivity contribution in [1.29, 1.82) is 0 Å². The van der Waals surface area contributed by atoms with Crippen LogP contribution >= 0.6 is 7.82 Å². The van der Waals surface area contributed by atoms with Gasteiger partial charge < -0.3 is 19.8 Å². The number of aliphatic hydroxyl groups is 1. The summed E-state index contributed by atoms with van der Waals surface area (Å²) in [6.07, 6.45) is 71.8. The molecule has 1 amide bonds. The van der Waals surface area contributed by atoms with E-state index in [1.54, 1.807) is 0 Å². The molecule has 0 radical (unpaired) electrons. The van der Waals surface area contributed by atoms with E-state index < -0.39 is 20.0 Å². The van der Waals surface area contributed by atoms with E-state index in [0.717, 1.165) is 70.6 Å². The highest BCUT2D eigenvalue weighted by molar-refractivity contribution is 7.47. The number of amides is 1. The molecule has 0 spiro atoms. The quantitative estimate of drug-likeness (QED) is 0.0243. The van der Waals surface area contributed by atoms with Gasteiger partial charge in [0.2, 0.25) is 5.91 Å². The minimum Gasteiger partial charge on any atom is -0.391 e. The fraction of sp³-hybridized carbons (Fsp3) is 0.857. The second-order valence-electron chi connectivity index (χ2n) is 22.4. The van der Waals surface area contributed by atoms with E-state index in [0.29, 0.717) is 23.9 Å². The van der Waals surface area contributed by atoms with Crippen LogP contribution in [0, 0.1) is 0 Å². The molecule has 0 rings (SSSR count). The highest BCUT2D eigenvalue weighted by atomic mass is 31.2. The molecule has 0 aliphatic carbocycles. The molecular weight excluding hydrogens is 912 g/mol. The third-order valence-electron chi connectivity index (χ3n) is 14.1. The number of phosphoric acid groups is 1. The normalized spacial score (nSPS) is 14.2. The Bertz CT molecular complexity index is 1310. The molecule has 0 aliphatic heterocycles. The summed E-state index contributed by atoms with van der Waals surface area (Å²) in [6, 6.07) is -0.768. The molecule has 0 aromatic carbocycles. The molecule has 0 fully saturated rings. The number of hydrogen-bond acceptors (Lipinski definition) is 5. The second kappa shape index (κ2) is 54.3. The number of likely N-dealkylation sites (N-methyl/N-ethyl adjacent to an activating group) is 1. The smallest absolute Gasteiger partial charge is 0.391 e. The Balaban J connectivity index is 4.10. The molecule has 72 heavy (non-hydrogen) atoms. The average Bonchev–Trinajstić information content (AvgIpc) is 3.34. The van der Waals surface area contributed by atoms with E-state index in [9.17, 15) is 19.4 Å². The van der Waals surface area contributed by atoms with Crippen LogP contribution < -0.4 is 5.32 Å². The van der Waals surface area contributed by atoms with Gasteiger partial charge >= 0.3 is 7.82 Å². The average molecular weight is 1030 g/mol. The predicted molar refractivity (Wildman–Crippen MR) is 314 cm³/mol. The van der Waals surface area contributed by atoms with Crippen molar-refractivity contribution in [2.75, 3.05) is 40.9 Å². The summed E-state index contributed by atoms with van der Waals surface area (Å²) in [5.74, 6) is -0.150. The lowest BCUT2D eigenvalue weighted by Gasteiger charge is -2.26. The molecule has 3 N–H and O–H groups in total. The number of aliphatic hydroxyl groups excluding tert-OH is 1. The van der Waals surface area contributed by atoms with Gasteiger partial charge in [-0.1, -0.05) is 287 Å². The van der Waals surface area contributed by atoms with Crippen LogP contribution in [0.3, 0.4) is 0 Å². The van der Waals surface area contributed by atoms with E-state index in [-0.39, 0.29) is 19.1 Å². The summed E-state index contributed by atoms with van der Waals surface area (Å²) >= 11 is 0. The maximum absolute atomic E-state index is 13.0. The number of nitrogens with one attached hydrogen (secondary N) is 1. The fourth-order valence-electron chi connectivity index (χ4n) is 9.28. The van der Waals surface area contributed by atoms with E-state index >= 15 is 0 Å². The molecule has 424 valence electrons. The molecule has 0 bridgehead atoms. The van der Waals surface area contributed by atoms with Crippen LogP contribution in [0.25, 0.3) is 0 Å². The van der Waals surface area contributed by atoms with E-state index in [1.807, 2.05) is 21.1 Å². The third kappa shape index (κ3) is 56.2. The Hall–Kier alpha value is -1.54. The Morgan fingerprint density at radius 3 is 1.22 bits per heavy atom. The van der Waals surface area contributed by atoms with Crippen molar-refractivity contribution in [2.24, 2.45) is 0 Å². The number of carbonyl (C=O) groups excluding carboxylic acids is 1. The molecule has 0 aromatic rings. The molecule has 9 heteroatoms. The van der Waals surface area contributed by atoms with Gasteiger partial charge in [-0.2, -0.15) is 0 Å². The summed E-state index contributed by atoms with van der Waals surface area (Å²) in [7, 11) is 1.61. The minimum atomic E-state index is -4.33. The van der Waals surface area contributed by atoms with Gasteiger partial charge in [-0.05, 0) is 51.4 Å². The monoisotopic (exact) mass is 1030 g/mol. The van der Waals surface area contributed by atoms with E-state index in [1.165, 1.54) is 199 Å². The lowest BCUT2D eigenvalue weighted by Crippen LogP contribution is -2.46. The van der Waals surface area contributed by atoms with Crippen LogP contribution in [-0.4, -0.2) is 73.4 Å². The summed E-state index contributed by atoms with van der Waals surface area (Å²) in [5.41, 5.74) is 0. The van der Waals surface area contributed by atoms with Crippen LogP contribution in [0.1, 0.15) is 296 Å². The summed E-state index contributed by atoms with van der Waals surface area (Å²) in [6.45, 7) is 4.80. The van der Waals surface area contributed by atoms with Crippen molar-refractivity contribution in [2.45, 2.75) is 309 Å². The van der Waals surface area contributed by atoms with Crippen LogP contribution in [0.4, 0.5) is 0 Å². The SMILES string of the molecule is CC/C=C\C/C=C\C/C=C\C/C=C\CCCCCCCCCCC(=O)NC(COP(=O)(O)OCC[N+](C)(C)C)C(O)CCCCCCCCCCCCCCCCCCCCCCCCCCCCCCC. The maximum atomic E-state index is 13.0. The van der Waals surface area contributed by atoms with Crippen LogP contribution in [-0.2, 0) is 18.4 Å². The molecule has 3 atom stereocenters. The summed E-state index contributed by atoms with van der Waals surface area (Å²) in [4.78, 5) is 23.4. The number of allylic oxidation sites excluding steroid dienone is 8. The molecule has 0 aliphatic rings. The predicted octanol–water partition coefficient (Wildman–Crippen LogP) is 19.1. The van der Waals surface area contributed by atoms with Crippen molar-refractivity contribution in [3.05, 3.63) is 48.6 Å². The van der Waals surface area contributed by atoms with Crippen LogP contribution in [0.5, 0.6) is 0 Å². The molecule has 8 nitrogen and oxygen atoms in total. The lowest BCUT2D eigenvalue weighted by molar-refractivity contribution is -0.870. The third-order valence-corrected chi connectivity index (χ3v) is 15.1. The molecule has 0 aromatic heterocycles. The first-order valence-electron chi connectivity index (χ1n) is 31.0. The van der Waals surface area contributed by atoms with Gasteiger partial charge in [0, 0.05) is 6.42 Å². The Morgan fingerprint density at radius 1 is 0.486 bits per heavy atom. The number of phosphoric ester groups is 1. The zero-order valence-electron chi connectivity index (χ0n) is 48.4. The van der Waals surface area contributed by atoms with E-state index in [4.69, 9.17) is 9.05 Å². The topological polar surface area (TPSA) is 105 Å². The van der Waals surface area contributed by atoms with Gasteiger partial charge in [0.25, 0.3) is 0 Å². The summed E-state index contributed by atoms with van der Waals surface area (Å²) in [5, 5.41) is 14.1. The van der Waals surface area contributed by atoms with Crippen LogP contribution in [0.15, 0.2) is 48.6 Å². The van der Waals surface area contributed by atoms with Gasteiger partial charge in [-0.25, -0.2) is 4.57 Å². The molecule has 0 saturated heterocycles. The van der Waals surface area contributed by atoms with Gasteiger partial charge in [0.05, 0.1) is 39.9 Å². The highest BCUT2D eigenvalue weighted by Gasteiger charge is 2.28.